The highest BCUT2D eigenvalue weighted by molar-refractivity contribution is 5.53. The van der Waals surface area contributed by atoms with E-state index in [0.29, 0.717) is 29.9 Å². The number of nitrogens with one attached hydrogen (secondary N) is 1. The molecule has 2 aliphatic heterocycles. The summed E-state index contributed by atoms with van der Waals surface area (Å²) >= 11 is 0. The largest absolute Gasteiger partial charge is 0.508 e. The molecule has 2 fully saturated rings. The normalized spacial score (nSPS) is 28.4. The predicted octanol–water partition coefficient (Wildman–Crippen LogP) is 4.76. The molecule has 7 heteroatoms. The standard InChI is InChI=1S/C32H48N6O/c1-7-9-30(38-20-22(2)34-23(3)21-38)28-19-33-27-12-13-29(24(4)31(27)35-28)37-16-14-32(15-17-37,36(5)6)25-10-8-11-26(39)18-25/h8,10-13,18-19,22-24,29-30,34,39H,7,9,14-17,20-21H2,1-6H3/t22-,23+,24?,29?,30-/m1/s1. The maximum Gasteiger partial charge on any atom is 0.115 e. The fourth-order valence-corrected chi connectivity index (χ4v) is 7.40. The first kappa shape index (κ1) is 28.2. The van der Waals surface area contributed by atoms with Crippen molar-refractivity contribution in [3.8, 4) is 5.75 Å². The van der Waals surface area contributed by atoms with Crippen LogP contribution in [0.25, 0.3) is 6.08 Å². The molecule has 5 atom stereocenters. The number of aromatic hydroxyl groups is 1. The van der Waals surface area contributed by atoms with E-state index in [2.05, 4.69) is 80.0 Å². The molecule has 1 aliphatic carbocycles. The van der Waals surface area contributed by atoms with Crippen molar-refractivity contribution >= 4 is 6.08 Å². The van der Waals surface area contributed by atoms with Crippen LogP contribution in [0.4, 0.5) is 0 Å². The van der Waals surface area contributed by atoms with E-state index in [9.17, 15) is 5.11 Å². The number of benzene rings is 1. The van der Waals surface area contributed by atoms with Crippen molar-refractivity contribution in [2.24, 2.45) is 0 Å². The number of hydrogen-bond acceptors (Lipinski definition) is 7. The minimum Gasteiger partial charge on any atom is -0.508 e. The topological polar surface area (TPSA) is 67.8 Å². The van der Waals surface area contributed by atoms with Gasteiger partial charge < -0.3 is 10.4 Å². The minimum atomic E-state index is -0.0628. The lowest BCUT2D eigenvalue weighted by Crippen LogP contribution is -2.55. The van der Waals surface area contributed by atoms with Gasteiger partial charge in [-0.1, -0.05) is 38.5 Å². The van der Waals surface area contributed by atoms with E-state index < -0.39 is 0 Å². The first-order valence-corrected chi connectivity index (χ1v) is 15.0. The van der Waals surface area contributed by atoms with Crippen LogP contribution in [0, 0.1) is 0 Å². The van der Waals surface area contributed by atoms with Crippen molar-refractivity contribution in [1.29, 1.82) is 0 Å². The number of hydrogen-bond donors (Lipinski definition) is 2. The van der Waals surface area contributed by atoms with Crippen LogP contribution >= 0.6 is 0 Å². The second-order valence-electron chi connectivity index (χ2n) is 12.4. The van der Waals surface area contributed by atoms with Gasteiger partial charge in [0.05, 0.1) is 29.3 Å². The zero-order valence-corrected chi connectivity index (χ0v) is 24.8. The van der Waals surface area contributed by atoms with Gasteiger partial charge in [0, 0.05) is 55.8 Å². The lowest BCUT2D eigenvalue weighted by atomic mass is 9.78. The first-order valence-electron chi connectivity index (χ1n) is 15.0. The van der Waals surface area contributed by atoms with E-state index in [1.54, 1.807) is 6.07 Å². The molecule has 2 unspecified atom stereocenters. The number of phenolic OH excluding ortho intramolecular Hbond substituents is 1. The Kier molecular flexibility index (Phi) is 8.43. The number of piperazine rings is 1. The molecular weight excluding hydrogens is 484 g/mol. The molecule has 3 aliphatic rings. The highest BCUT2D eigenvalue weighted by Crippen LogP contribution is 2.41. The van der Waals surface area contributed by atoms with E-state index in [1.807, 2.05) is 18.3 Å². The van der Waals surface area contributed by atoms with Crippen LogP contribution in [0.5, 0.6) is 5.75 Å². The summed E-state index contributed by atoms with van der Waals surface area (Å²) in [4.78, 5) is 17.9. The quantitative estimate of drug-likeness (QED) is 0.533. The zero-order valence-electron chi connectivity index (χ0n) is 24.8. The second kappa shape index (κ2) is 11.7. The Morgan fingerprint density at radius 2 is 1.85 bits per heavy atom. The Morgan fingerprint density at radius 3 is 2.49 bits per heavy atom. The molecule has 2 saturated heterocycles. The van der Waals surface area contributed by atoms with Gasteiger partial charge in [-0.3, -0.25) is 24.7 Å². The van der Waals surface area contributed by atoms with Gasteiger partial charge in [-0.05, 0) is 71.0 Å². The van der Waals surface area contributed by atoms with Crippen molar-refractivity contribution in [1.82, 2.24) is 30.0 Å². The van der Waals surface area contributed by atoms with Gasteiger partial charge in [0.15, 0.2) is 0 Å². The average molecular weight is 533 g/mol. The zero-order chi connectivity index (χ0) is 27.7. The first-order chi connectivity index (χ1) is 18.7. The van der Waals surface area contributed by atoms with Crippen molar-refractivity contribution in [3.63, 3.8) is 0 Å². The molecule has 1 aromatic heterocycles. The van der Waals surface area contributed by atoms with Crippen molar-refractivity contribution < 1.29 is 5.11 Å². The van der Waals surface area contributed by atoms with Gasteiger partial charge in [0.2, 0.25) is 0 Å². The minimum absolute atomic E-state index is 0.0628. The Hall–Kier alpha value is -2.32. The van der Waals surface area contributed by atoms with Crippen LogP contribution in [-0.4, -0.2) is 88.2 Å². The number of nitrogens with zero attached hydrogens (tertiary/aromatic N) is 5. The molecule has 212 valence electrons. The summed E-state index contributed by atoms with van der Waals surface area (Å²) in [5.74, 6) is 0.630. The SMILES string of the molecule is CCC[C@H](c1cnc2c(n1)C(C)C(N1CCC(c3cccc(O)c3)(N(C)C)CC1)C=C2)N1C[C@@H](C)N[C@@H](C)C1. The van der Waals surface area contributed by atoms with Crippen LogP contribution in [-0.2, 0) is 5.54 Å². The highest BCUT2D eigenvalue weighted by Gasteiger charge is 2.41. The number of fused-ring (bicyclic) bond motifs is 1. The maximum absolute atomic E-state index is 10.2. The van der Waals surface area contributed by atoms with E-state index in [1.165, 1.54) is 5.56 Å². The molecule has 1 aromatic carbocycles. The van der Waals surface area contributed by atoms with E-state index in [4.69, 9.17) is 9.97 Å². The van der Waals surface area contributed by atoms with Gasteiger partial charge in [-0.2, -0.15) is 0 Å². The van der Waals surface area contributed by atoms with Gasteiger partial charge in [-0.25, -0.2) is 0 Å². The van der Waals surface area contributed by atoms with Crippen LogP contribution in [0.15, 0.2) is 36.5 Å². The fourth-order valence-electron chi connectivity index (χ4n) is 7.40. The Morgan fingerprint density at radius 1 is 1.13 bits per heavy atom. The van der Waals surface area contributed by atoms with Crippen molar-refractivity contribution in [2.45, 2.75) is 89.0 Å². The van der Waals surface area contributed by atoms with Gasteiger partial charge >= 0.3 is 0 Å². The molecule has 2 N–H and O–H groups in total. The van der Waals surface area contributed by atoms with E-state index in [-0.39, 0.29) is 11.5 Å². The maximum atomic E-state index is 10.2. The lowest BCUT2D eigenvalue weighted by Gasteiger charge is -2.49. The summed E-state index contributed by atoms with van der Waals surface area (Å²) in [7, 11) is 4.34. The third-order valence-electron chi connectivity index (χ3n) is 9.46. The van der Waals surface area contributed by atoms with E-state index >= 15 is 0 Å². The summed E-state index contributed by atoms with van der Waals surface area (Å²) in [5, 5.41) is 13.8. The molecule has 39 heavy (non-hydrogen) atoms. The molecule has 2 aromatic rings. The Labute approximate surface area is 235 Å². The predicted molar refractivity (Wildman–Crippen MR) is 159 cm³/mol. The Bertz CT molecular complexity index is 1150. The molecule has 0 bridgehead atoms. The molecule has 0 amide bonds. The van der Waals surface area contributed by atoms with Crippen LogP contribution < -0.4 is 5.32 Å². The smallest absolute Gasteiger partial charge is 0.115 e. The third kappa shape index (κ3) is 5.64. The monoisotopic (exact) mass is 532 g/mol. The number of piperidine rings is 1. The number of likely N-dealkylation sites (tertiary alicyclic amines) is 1. The Balaban J connectivity index is 1.35. The summed E-state index contributed by atoms with van der Waals surface area (Å²) < 4.78 is 0. The van der Waals surface area contributed by atoms with Crippen molar-refractivity contribution in [3.05, 3.63) is 59.2 Å². The third-order valence-corrected chi connectivity index (χ3v) is 9.46. The van der Waals surface area contributed by atoms with Gasteiger partial charge in [0.25, 0.3) is 0 Å². The summed E-state index contributed by atoms with van der Waals surface area (Å²) in [6, 6.07) is 9.44. The highest BCUT2D eigenvalue weighted by atomic mass is 16.3. The van der Waals surface area contributed by atoms with Crippen LogP contribution in [0.2, 0.25) is 0 Å². The average Bonchev–Trinajstić information content (AvgIpc) is 2.91. The number of phenols is 1. The molecule has 0 saturated carbocycles. The molecule has 0 radical (unpaired) electrons. The van der Waals surface area contributed by atoms with Gasteiger partial charge in [-0.15, -0.1) is 0 Å². The van der Waals surface area contributed by atoms with Crippen LogP contribution in [0.1, 0.15) is 88.0 Å². The van der Waals surface area contributed by atoms with Crippen molar-refractivity contribution in [2.75, 3.05) is 40.3 Å². The summed E-state index contributed by atoms with van der Waals surface area (Å²) in [5.41, 5.74) is 4.45. The molecule has 5 rings (SSSR count). The van der Waals surface area contributed by atoms with Crippen LogP contribution in [0.3, 0.4) is 0 Å². The molecule has 3 heterocycles. The summed E-state index contributed by atoms with van der Waals surface area (Å²) in [6.07, 6.45) is 10.9. The number of rotatable bonds is 7. The second-order valence-corrected chi connectivity index (χ2v) is 12.4. The molecular formula is C32H48N6O. The lowest BCUT2D eigenvalue weighted by molar-refractivity contribution is 0.0388. The summed E-state index contributed by atoms with van der Waals surface area (Å²) in [6.45, 7) is 13.3. The molecule has 0 spiro atoms. The number of aromatic nitrogens is 2. The van der Waals surface area contributed by atoms with Gasteiger partial charge in [0.1, 0.15) is 5.75 Å². The fraction of sp³-hybridized carbons (Fsp3) is 0.625. The van der Waals surface area contributed by atoms with E-state index in [0.717, 1.165) is 68.9 Å². The molecule has 7 nitrogen and oxygen atoms in total.